The largest absolute Gasteiger partial charge is 0.322 e. The quantitative estimate of drug-likeness (QED) is 0.580. The zero-order valence-corrected chi connectivity index (χ0v) is 12.6. The van der Waals surface area contributed by atoms with E-state index < -0.39 is 10.8 Å². The third kappa shape index (κ3) is 2.95. The van der Waals surface area contributed by atoms with Crippen LogP contribution in [0.3, 0.4) is 0 Å². The Morgan fingerprint density at radius 3 is 2.71 bits per heavy atom. The lowest BCUT2D eigenvalue weighted by molar-refractivity contribution is -0.385. The van der Waals surface area contributed by atoms with Crippen molar-refractivity contribution in [3.05, 3.63) is 64.2 Å². The van der Waals surface area contributed by atoms with E-state index in [-0.39, 0.29) is 11.3 Å². The molecule has 0 fully saturated rings. The number of aromatic nitrogens is 4. The molecule has 120 valence electrons. The van der Waals surface area contributed by atoms with Crippen LogP contribution in [-0.4, -0.2) is 31.0 Å². The van der Waals surface area contributed by atoms with Crippen LogP contribution in [-0.2, 0) is 7.05 Å². The number of nitro groups is 1. The van der Waals surface area contributed by atoms with Gasteiger partial charge >= 0.3 is 0 Å². The molecule has 1 amide bonds. The summed E-state index contributed by atoms with van der Waals surface area (Å²) in [6, 6.07) is 12.7. The van der Waals surface area contributed by atoms with Gasteiger partial charge < -0.3 is 5.32 Å². The van der Waals surface area contributed by atoms with Crippen molar-refractivity contribution < 1.29 is 9.72 Å². The molecule has 1 N–H and O–H groups in total. The van der Waals surface area contributed by atoms with Gasteiger partial charge in [-0.3, -0.25) is 14.9 Å². The average molecular weight is 324 g/mol. The van der Waals surface area contributed by atoms with Gasteiger partial charge in [0.05, 0.1) is 4.92 Å². The molecule has 9 heteroatoms. The molecule has 0 unspecified atom stereocenters. The highest BCUT2D eigenvalue weighted by atomic mass is 16.6. The van der Waals surface area contributed by atoms with Crippen LogP contribution < -0.4 is 5.32 Å². The lowest BCUT2D eigenvalue weighted by Gasteiger charge is -2.07. The molecule has 0 bridgehead atoms. The lowest BCUT2D eigenvalue weighted by atomic mass is 10.1. The molecule has 1 aromatic heterocycles. The van der Waals surface area contributed by atoms with Gasteiger partial charge in [-0.15, -0.1) is 5.10 Å². The Labute approximate surface area is 136 Å². The van der Waals surface area contributed by atoms with Crippen LogP contribution in [0.5, 0.6) is 0 Å². The fourth-order valence-electron chi connectivity index (χ4n) is 2.23. The lowest BCUT2D eigenvalue weighted by Crippen LogP contribution is -2.13. The molecule has 0 radical (unpaired) electrons. The first-order valence-corrected chi connectivity index (χ1v) is 6.94. The Kier molecular flexibility index (Phi) is 3.98. The van der Waals surface area contributed by atoms with Crippen LogP contribution in [0.1, 0.15) is 10.4 Å². The average Bonchev–Trinajstić information content (AvgIpc) is 3.01. The maximum atomic E-state index is 12.3. The zero-order chi connectivity index (χ0) is 17.1. The number of nitro benzene ring substituents is 1. The van der Waals surface area contributed by atoms with Crippen LogP contribution in [0.2, 0.25) is 0 Å². The van der Waals surface area contributed by atoms with Gasteiger partial charge in [-0.05, 0) is 28.6 Å². The van der Waals surface area contributed by atoms with Gasteiger partial charge in [0.1, 0.15) is 5.56 Å². The predicted octanol–water partition coefficient (Wildman–Crippen LogP) is 2.04. The van der Waals surface area contributed by atoms with Crippen LogP contribution in [0.4, 0.5) is 11.4 Å². The van der Waals surface area contributed by atoms with E-state index in [1.165, 1.54) is 22.9 Å². The number of tetrazole rings is 1. The van der Waals surface area contributed by atoms with Crippen molar-refractivity contribution in [2.24, 2.45) is 7.05 Å². The second-order valence-electron chi connectivity index (χ2n) is 4.94. The van der Waals surface area contributed by atoms with Crippen LogP contribution in [0, 0.1) is 10.1 Å². The van der Waals surface area contributed by atoms with Crippen molar-refractivity contribution >= 4 is 17.3 Å². The highest BCUT2D eigenvalue weighted by molar-refractivity contribution is 6.07. The summed E-state index contributed by atoms with van der Waals surface area (Å²) in [6.45, 7) is 0. The number of hydrogen-bond donors (Lipinski definition) is 1. The minimum absolute atomic E-state index is 0.00627. The van der Waals surface area contributed by atoms with E-state index in [2.05, 4.69) is 20.8 Å². The summed E-state index contributed by atoms with van der Waals surface area (Å²) in [4.78, 5) is 22.8. The molecular weight excluding hydrogens is 312 g/mol. The monoisotopic (exact) mass is 324 g/mol. The summed E-state index contributed by atoms with van der Waals surface area (Å²) in [6.07, 6.45) is 0. The van der Waals surface area contributed by atoms with Crippen molar-refractivity contribution in [3.8, 4) is 11.4 Å². The van der Waals surface area contributed by atoms with Crippen molar-refractivity contribution in [2.75, 3.05) is 5.32 Å². The summed E-state index contributed by atoms with van der Waals surface area (Å²) in [7, 11) is 1.70. The van der Waals surface area contributed by atoms with E-state index in [0.717, 1.165) is 0 Å². The topological polar surface area (TPSA) is 116 Å². The first-order chi connectivity index (χ1) is 11.6. The molecule has 9 nitrogen and oxygen atoms in total. The SMILES string of the molecule is Cn1nnnc1-c1cccc(NC(=O)c2ccccc2[N+](=O)[O-])c1. The predicted molar refractivity (Wildman–Crippen MR) is 85.3 cm³/mol. The number of anilines is 1. The third-order valence-electron chi connectivity index (χ3n) is 3.34. The maximum Gasteiger partial charge on any atom is 0.282 e. The van der Waals surface area contributed by atoms with Crippen molar-refractivity contribution in [1.29, 1.82) is 0 Å². The number of hydrogen-bond acceptors (Lipinski definition) is 6. The second-order valence-corrected chi connectivity index (χ2v) is 4.94. The summed E-state index contributed by atoms with van der Waals surface area (Å²) >= 11 is 0. The number of amides is 1. The zero-order valence-electron chi connectivity index (χ0n) is 12.6. The van der Waals surface area contributed by atoms with Gasteiger partial charge in [-0.25, -0.2) is 4.68 Å². The standard InChI is InChI=1S/C15H12N6O3/c1-20-14(17-18-19-20)10-5-4-6-11(9-10)16-15(22)12-7-2-3-8-13(12)21(23)24/h2-9H,1H3,(H,16,22). The molecule has 24 heavy (non-hydrogen) atoms. The molecule has 0 saturated carbocycles. The summed E-state index contributed by atoms with van der Waals surface area (Å²) in [5, 5.41) is 24.9. The highest BCUT2D eigenvalue weighted by Gasteiger charge is 2.19. The Hall–Kier alpha value is -3.62. The van der Waals surface area contributed by atoms with E-state index in [0.29, 0.717) is 17.1 Å². The van der Waals surface area contributed by atoms with E-state index in [9.17, 15) is 14.9 Å². The number of para-hydroxylation sites is 1. The number of nitrogens with one attached hydrogen (secondary N) is 1. The van der Waals surface area contributed by atoms with Crippen molar-refractivity contribution in [3.63, 3.8) is 0 Å². The smallest absolute Gasteiger partial charge is 0.282 e. The number of aryl methyl sites for hydroxylation is 1. The Bertz CT molecular complexity index is 921. The van der Waals surface area contributed by atoms with Gasteiger partial charge in [0, 0.05) is 24.4 Å². The van der Waals surface area contributed by atoms with Crippen molar-refractivity contribution in [1.82, 2.24) is 20.2 Å². The van der Waals surface area contributed by atoms with E-state index in [4.69, 9.17) is 0 Å². The Morgan fingerprint density at radius 1 is 1.21 bits per heavy atom. The molecule has 3 rings (SSSR count). The fourth-order valence-corrected chi connectivity index (χ4v) is 2.23. The molecule has 0 saturated heterocycles. The molecular formula is C15H12N6O3. The van der Waals surface area contributed by atoms with Crippen molar-refractivity contribution in [2.45, 2.75) is 0 Å². The third-order valence-corrected chi connectivity index (χ3v) is 3.34. The Morgan fingerprint density at radius 2 is 2.00 bits per heavy atom. The number of nitrogens with zero attached hydrogens (tertiary/aromatic N) is 5. The van der Waals surface area contributed by atoms with Gasteiger partial charge in [-0.1, -0.05) is 24.3 Å². The highest BCUT2D eigenvalue weighted by Crippen LogP contribution is 2.22. The van der Waals surface area contributed by atoms with Crippen LogP contribution in [0.25, 0.3) is 11.4 Å². The fraction of sp³-hybridized carbons (Fsp3) is 0.0667. The minimum Gasteiger partial charge on any atom is -0.322 e. The second kappa shape index (κ2) is 6.24. The first kappa shape index (κ1) is 15.3. The molecule has 0 aliphatic heterocycles. The van der Waals surface area contributed by atoms with Gasteiger partial charge in [-0.2, -0.15) is 0 Å². The van der Waals surface area contributed by atoms with Gasteiger partial charge in [0.15, 0.2) is 5.82 Å². The number of carbonyl (C=O) groups excluding carboxylic acids is 1. The molecule has 0 spiro atoms. The number of benzene rings is 2. The van der Waals surface area contributed by atoms with E-state index >= 15 is 0 Å². The van der Waals surface area contributed by atoms with Gasteiger partial charge in [0.2, 0.25) is 0 Å². The molecule has 0 aliphatic carbocycles. The molecule has 1 heterocycles. The maximum absolute atomic E-state index is 12.3. The minimum atomic E-state index is -0.587. The van der Waals surface area contributed by atoms with E-state index in [1.54, 1.807) is 37.4 Å². The first-order valence-electron chi connectivity index (χ1n) is 6.94. The summed E-state index contributed by atoms with van der Waals surface area (Å²) in [5.74, 6) is -0.0210. The molecule has 2 aromatic carbocycles. The summed E-state index contributed by atoms with van der Waals surface area (Å²) < 4.78 is 1.50. The van der Waals surface area contributed by atoms with Gasteiger partial charge in [0.25, 0.3) is 11.6 Å². The number of carbonyl (C=O) groups is 1. The van der Waals surface area contributed by atoms with E-state index in [1.807, 2.05) is 0 Å². The molecule has 0 atom stereocenters. The number of rotatable bonds is 4. The van der Waals surface area contributed by atoms with Crippen LogP contribution >= 0.6 is 0 Å². The van der Waals surface area contributed by atoms with Crippen LogP contribution in [0.15, 0.2) is 48.5 Å². The Balaban J connectivity index is 1.88. The molecule has 0 aliphatic rings. The summed E-state index contributed by atoms with van der Waals surface area (Å²) in [5.41, 5.74) is 0.943. The normalized spacial score (nSPS) is 10.4. The molecule has 3 aromatic rings.